The SMILES string of the molecule is O=c1ccc2ccc(N3CCC3)cc2o1. The molecule has 3 rings (SSSR count). The van der Waals surface area contributed by atoms with E-state index in [1.807, 2.05) is 12.1 Å². The second-order valence-corrected chi connectivity index (χ2v) is 3.82. The Bertz CT molecular complexity index is 555. The minimum atomic E-state index is -0.289. The molecule has 0 atom stereocenters. The highest BCUT2D eigenvalue weighted by molar-refractivity contribution is 5.80. The van der Waals surface area contributed by atoms with Crippen molar-refractivity contribution < 1.29 is 4.42 Å². The van der Waals surface area contributed by atoms with Gasteiger partial charge in [0.25, 0.3) is 0 Å². The average molecular weight is 201 g/mol. The molecule has 76 valence electrons. The van der Waals surface area contributed by atoms with Crippen molar-refractivity contribution in [1.29, 1.82) is 0 Å². The highest BCUT2D eigenvalue weighted by Crippen LogP contribution is 2.24. The third-order valence-corrected chi connectivity index (χ3v) is 2.83. The number of hydrogen-bond acceptors (Lipinski definition) is 3. The lowest BCUT2D eigenvalue weighted by atomic mass is 10.1. The second-order valence-electron chi connectivity index (χ2n) is 3.82. The molecular formula is C12H11NO2. The molecular weight excluding hydrogens is 190 g/mol. The van der Waals surface area contributed by atoms with Gasteiger partial charge in [-0.25, -0.2) is 4.79 Å². The van der Waals surface area contributed by atoms with Crippen LogP contribution in [0.5, 0.6) is 0 Å². The Hall–Kier alpha value is -1.77. The van der Waals surface area contributed by atoms with Crippen molar-refractivity contribution in [2.45, 2.75) is 6.42 Å². The van der Waals surface area contributed by atoms with Crippen molar-refractivity contribution in [3.05, 3.63) is 40.8 Å². The summed E-state index contributed by atoms with van der Waals surface area (Å²) in [5.41, 5.74) is 1.53. The number of hydrogen-bond donors (Lipinski definition) is 0. The van der Waals surface area contributed by atoms with E-state index in [2.05, 4.69) is 11.0 Å². The van der Waals surface area contributed by atoms with E-state index in [4.69, 9.17) is 4.42 Å². The van der Waals surface area contributed by atoms with E-state index in [0.717, 1.165) is 24.2 Å². The Balaban J connectivity index is 2.15. The van der Waals surface area contributed by atoms with Gasteiger partial charge in [-0.2, -0.15) is 0 Å². The maximum absolute atomic E-state index is 11.1. The van der Waals surface area contributed by atoms with Gasteiger partial charge in [-0.05, 0) is 24.6 Å². The topological polar surface area (TPSA) is 33.5 Å². The number of nitrogens with zero attached hydrogens (tertiary/aromatic N) is 1. The normalized spacial score (nSPS) is 15.3. The van der Waals surface area contributed by atoms with Crippen molar-refractivity contribution in [2.24, 2.45) is 0 Å². The van der Waals surface area contributed by atoms with Crippen LogP contribution in [0.25, 0.3) is 11.0 Å². The standard InChI is InChI=1S/C12H11NO2/c14-12-5-3-9-2-4-10(8-11(9)15-12)13-6-1-7-13/h2-5,8H,1,6-7H2. The van der Waals surface area contributed by atoms with E-state index < -0.39 is 0 Å². The fourth-order valence-electron chi connectivity index (χ4n) is 1.82. The van der Waals surface area contributed by atoms with E-state index in [1.165, 1.54) is 12.5 Å². The summed E-state index contributed by atoms with van der Waals surface area (Å²) < 4.78 is 5.14. The molecule has 3 heteroatoms. The van der Waals surface area contributed by atoms with Crippen molar-refractivity contribution in [1.82, 2.24) is 0 Å². The maximum atomic E-state index is 11.1. The number of rotatable bonds is 1. The van der Waals surface area contributed by atoms with Gasteiger partial charge in [-0.3, -0.25) is 0 Å². The largest absolute Gasteiger partial charge is 0.423 e. The van der Waals surface area contributed by atoms with Crippen LogP contribution in [0.1, 0.15) is 6.42 Å². The smallest absolute Gasteiger partial charge is 0.336 e. The molecule has 0 amide bonds. The van der Waals surface area contributed by atoms with Gasteiger partial charge in [0.05, 0.1) is 0 Å². The second kappa shape index (κ2) is 3.12. The first-order valence-corrected chi connectivity index (χ1v) is 5.12. The molecule has 0 N–H and O–H groups in total. The zero-order valence-electron chi connectivity index (χ0n) is 8.27. The van der Waals surface area contributed by atoms with E-state index in [0.29, 0.717) is 5.58 Å². The molecule has 2 heterocycles. The Kier molecular flexibility index (Phi) is 1.78. The molecule has 1 aliphatic rings. The molecule has 0 bridgehead atoms. The first-order chi connectivity index (χ1) is 7.33. The molecule has 0 radical (unpaired) electrons. The van der Waals surface area contributed by atoms with Crippen LogP contribution in [0, 0.1) is 0 Å². The zero-order chi connectivity index (χ0) is 10.3. The van der Waals surface area contributed by atoms with Crippen molar-refractivity contribution in [3.63, 3.8) is 0 Å². The van der Waals surface area contributed by atoms with Gasteiger partial charge in [0.2, 0.25) is 0 Å². The molecule has 3 nitrogen and oxygen atoms in total. The summed E-state index contributed by atoms with van der Waals surface area (Å²) >= 11 is 0. The summed E-state index contributed by atoms with van der Waals surface area (Å²) in [5, 5.41) is 0.971. The van der Waals surface area contributed by atoms with E-state index >= 15 is 0 Å². The summed E-state index contributed by atoms with van der Waals surface area (Å²) in [6, 6.07) is 9.25. The number of benzene rings is 1. The Morgan fingerprint density at radius 1 is 1.13 bits per heavy atom. The van der Waals surface area contributed by atoms with Crippen LogP contribution in [0.4, 0.5) is 5.69 Å². The lowest BCUT2D eigenvalue weighted by Crippen LogP contribution is -2.36. The highest BCUT2D eigenvalue weighted by Gasteiger charge is 2.14. The lowest BCUT2D eigenvalue weighted by Gasteiger charge is -2.33. The predicted molar refractivity (Wildman–Crippen MR) is 59.3 cm³/mol. The van der Waals surface area contributed by atoms with Gasteiger partial charge in [-0.15, -0.1) is 0 Å². The molecule has 1 aliphatic heterocycles. The Morgan fingerprint density at radius 2 is 1.93 bits per heavy atom. The van der Waals surface area contributed by atoms with Gasteiger partial charge in [0.1, 0.15) is 5.58 Å². The van der Waals surface area contributed by atoms with Crippen LogP contribution in [-0.4, -0.2) is 13.1 Å². The van der Waals surface area contributed by atoms with Gasteiger partial charge in [0.15, 0.2) is 0 Å². The lowest BCUT2D eigenvalue weighted by molar-refractivity contribution is 0.559. The minimum Gasteiger partial charge on any atom is -0.423 e. The molecule has 0 spiro atoms. The summed E-state index contributed by atoms with van der Waals surface area (Å²) in [6.07, 6.45) is 1.25. The number of fused-ring (bicyclic) bond motifs is 1. The third-order valence-electron chi connectivity index (χ3n) is 2.83. The van der Waals surface area contributed by atoms with Crippen LogP contribution in [0.3, 0.4) is 0 Å². The van der Waals surface area contributed by atoms with E-state index in [-0.39, 0.29) is 5.63 Å². The van der Waals surface area contributed by atoms with E-state index in [1.54, 1.807) is 6.07 Å². The van der Waals surface area contributed by atoms with Crippen LogP contribution in [0.15, 0.2) is 39.5 Å². The van der Waals surface area contributed by atoms with E-state index in [9.17, 15) is 4.79 Å². The molecule has 1 fully saturated rings. The minimum absolute atomic E-state index is 0.289. The first kappa shape index (κ1) is 8.53. The summed E-state index contributed by atoms with van der Waals surface area (Å²) in [4.78, 5) is 13.3. The fourth-order valence-corrected chi connectivity index (χ4v) is 1.82. The fraction of sp³-hybridized carbons (Fsp3) is 0.250. The summed E-state index contributed by atoms with van der Waals surface area (Å²) in [5.74, 6) is 0. The van der Waals surface area contributed by atoms with Gasteiger partial charge >= 0.3 is 5.63 Å². The average Bonchev–Trinajstić information content (AvgIpc) is 2.14. The maximum Gasteiger partial charge on any atom is 0.336 e. The summed E-state index contributed by atoms with van der Waals surface area (Å²) in [7, 11) is 0. The molecule has 1 saturated heterocycles. The molecule has 0 aliphatic carbocycles. The molecule has 15 heavy (non-hydrogen) atoms. The molecule has 2 aromatic rings. The van der Waals surface area contributed by atoms with Crippen molar-refractivity contribution >= 4 is 16.7 Å². The molecule has 1 aromatic heterocycles. The van der Waals surface area contributed by atoms with Crippen molar-refractivity contribution in [2.75, 3.05) is 18.0 Å². The monoisotopic (exact) mass is 201 g/mol. The zero-order valence-corrected chi connectivity index (χ0v) is 8.27. The molecule has 0 unspecified atom stereocenters. The first-order valence-electron chi connectivity index (χ1n) is 5.12. The Labute approximate surface area is 86.9 Å². The van der Waals surface area contributed by atoms with Gasteiger partial charge < -0.3 is 9.32 Å². The quantitative estimate of drug-likeness (QED) is 0.662. The van der Waals surface area contributed by atoms with Crippen LogP contribution in [0.2, 0.25) is 0 Å². The highest BCUT2D eigenvalue weighted by atomic mass is 16.4. The van der Waals surface area contributed by atoms with Crippen LogP contribution in [-0.2, 0) is 0 Å². The van der Waals surface area contributed by atoms with Crippen LogP contribution < -0.4 is 10.5 Å². The van der Waals surface area contributed by atoms with Gasteiger partial charge in [0, 0.05) is 36.3 Å². The predicted octanol–water partition coefficient (Wildman–Crippen LogP) is 2.00. The number of anilines is 1. The molecule has 0 saturated carbocycles. The third kappa shape index (κ3) is 1.40. The Morgan fingerprint density at radius 3 is 2.67 bits per heavy atom. The molecule has 1 aromatic carbocycles. The van der Waals surface area contributed by atoms with Crippen LogP contribution >= 0.6 is 0 Å². The van der Waals surface area contributed by atoms with Crippen molar-refractivity contribution in [3.8, 4) is 0 Å². The summed E-state index contributed by atoms with van der Waals surface area (Å²) in [6.45, 7) is 2.20. The van der Waals surface area contributed by atoms with Gasteiger partial charge in [-0.1, -0.05) is 0 Å².